The summed E-state index contributed by atoms with van der Waals surface area (Å²) < 4.78 is 24.3. The van der Waals surface area contributed by atoms with Gasteiger partial charge in [-0.3, -0.25) is 4.79 Å². The van der Waals surface area contributed by atoms with Gasteiger partial charge in [-0.05, 0) is 87.9 Å². The Labute approximate surface area is 184 Å². The second-order valence-electron chi connectivity index (χ2n) is 8.73. The number of carbonyl (C=O) groups excluding carboxylic acids is 2. The topological polar surface area (TPSA) is 52.6 Å². The highest BCUT2D eigenvalue weighted by Crippen LogP contribution is 2.31. The van der Waals surface area contributed by atoms with Crippen LogP contribution in [0.3, 0.4) is 0 Å². The van der Waals surface area contributed by atoms with Gasteiger partial charge in [-0.2, -0.15) is 0 Å². The smallest absolute Gasteiger partial charge is 0.349 e. The standard InChI is InChI=1S/C26H33FO4/c1-8-30-25(29)26(6,7)31-24-17(3)14-20(15-18(24)4)13-16(2)19(5)23(28)21-9-11-22(27)12-10-21/h9-12,14-16,19H,8,13H2,1-7H3/t16-,19?/m1/s1. The summed E-state index contributed by atoms with van der Waals surface area (Å²) in [6, 6.07) is 9.77. The van der Waals surface area contributed by atoms with Gasteiger partial charge in [-0.15, -0.1) is 0 Å². The Hall–Kier alpha value is -2.69. The van der Waals surface area contributed by atoms with Crippen molar-refractivity contribution in [2.75, 3.05) is 6.61 Å². The molecule has 1 unspecified atom stereocenters. The SMILES string of the molecule is CCOC(=O)C(C)(C)Oc1c(C)cc(C[C@@H](C)C(C)C(=O)c2ccc(F)cc2)cc1C. The van der Waals surface area contributed by atoms with E-state index in [0.717, 1.165) is 23.1 Å². The third kappa shape index (κ3) is 6.16. The van der Waals surface area contributed by atoms with E-state index in [9.17, 15) is 14.0 Å². The average molecular weight is 429 g/mol. The Balaban J connectivity index is 2.14. The molecular formula is C26H33FO4. The molecule has 0 saturated heterocycles. The van der Waals surface area contributed by atoms with E-state index in [4.69, 9.17) is 9.47 Å². The van der Waals surface area contributed by atoms with Crippen LogP contribution in [0.15, 0.2) is 36.4 Å². The number of esters is 1. The first-order chi connectivity index (χ1) is 14.5. The lowest BCUT2D eigenvalue weighted by molar-refractivity contribution is -0.158. The van der Waals surface area contributed by atoms with E-state index in [1.165, 1.54) is 24.3 Å². The van der Waals surface area contributed by atoms with E-state index >= 15 is 0 Å². The van der Waals surface area contributed by atoms with E-state index < -0.39 is 11.6 Å². The number of carbonyl (C=O) groups is 2. The fourth-order valence-electron chi connectivity index (χ4n) is 3.60. The molecule has 2 rings (SSSR count). The number of benzene rings is 2. The average Bonchev–Trinajstić information content (AvgIpc) is 2.70. The summed E-state index contributed by atoms with van der Waals surface area (Å²) >= 11 is 0. The molecule has 5 heteroatoms. The molecule has 2 atom stereocenters. The lowest BCUT2D eigenvalue weighted by Crippen LogP contribution is -2.40. The fourth-order valence-corrected chi connectivity index (χ4v) is 3.60. The summed E-state index contributed by atoms with van der Waals surface area (Å²) in [5, 5.41) is 0. The maximum atomic E-state index is 13.1. The number of hydrogen-bond acceptors (Lipinski definition) is 4. The summed E-state index contributed by atoms with van der Waals surface area (Å²) in [7, 11) is 0. The molecule has 2 aromatic carbocycles. The number of aryl methyl sites for hydroxylation is 2. The Kier molecular flexibility index (Phi) is 7.99. The van der Waals surface area contributed by atoms with E-state index in [0.29, 0.717) is 17.9 Å². The van der Waals surface area contributed by atoms with Crippen molar-refractivity contribution in [2.45, 2.75) is 60.5 Å². The van der Waals surface area contributed by atoms with Crippen LogP contribution in [0.25, 0.3) is 0 Å². The quantitative estimate of drug-likeness (QED) is 0.371. The Bertz CT molecular complexity index is 908. The van der Waals surface area contributed by atoms with Crippen molar-refractivity contribution in [1.29, 1.82) is 0 Å². The zero-order valence-corrected chi connectivity index (χ0v) is 19.5. The lowest BCUT2D eigenvalue weighted by Gasteiger charge is -2.27. The van der Waals surface area contributed by atoms with Gasteiger partial charge < -0.3 is 9.47 Å². The van der Waals surface area contributed by atoms with Crippen molar-refractivity contribution in [3.8, 4) is 5.75 Å². The molecule has 168 valence electrons. The molecule has 0 amide bonds. The molecule has 0 heterocycles. The summed E-state index contributed by atoms with van der Waals surface area (Å²) in [4.78, 5) is 24.9. The molecule has 0 spiro atoms. The molecule has 2 aromatic rings. The zero-order valence-electron chi connectivity index (χ0n) is 19.5. The van der Waals surface area contributed by atoms with Gasteiger partial charge in [-0.1, -0.05) is 26.0 Å². The van der Waals surface area contributed by atoms with Gasteiger partial charge >= 0.3 is 5.97 Å². The fraction of sp³-hybridized carbons (Fsp3) is 0.462. The predicted octanol–water partition coefficient (Wildman–Crippen LogP) is 5.86. The third-order valence-electron chi connectivity index (χ3n) is 5.60. The minimum Gasteiger partial charge on any atom is -0.476 e. The number of halogens is 1. The monoisotopic (exact) mass is 428 g/mol. The molecule has 0 aliphatic rings. The normalized spacial score (nSPS) is 13.4. The summed E-state index contributed by atoms with van der Waals surface area (Å²) in [6.07, 6.45) is 0.720. The number of Topliss-reactive ketones (excluding diaryl/α,β-unsaturated/α-hetero) is 1. The predicted molar refractivity (Wildman–Crippen MR) is 120 cm³/mol. The molecule has 0 radical (unpaired) electrons. The highest BCUT2D eigenvalue weighted by Gasteiger charge is 2.32. The molecule has 0 saturated carbocycles. The van der Waals surface area contributed by atoms with E-state index in [1.54, 1.807) is 20.8 Å². The van der Waals surface area contributed by atoms with Crippen molar-refractivity contribution in [2.24, 2.45) is 11.8 Å². The van der Waals surface area contributed by atoms with Crippen molar-refractivity contribution in [3.05, 3.63) is 64.5 Å². The first-order valence-corrected chi connectivity index (χ1v) is 10.7. The molecule has 31 heavy (non-hydrogen) atoms. The van der Waals surface area contributed by atoms with Gasteiger partial charge in [0.2, 0.25) is 0 Å². The third-order valence-corrected chi connectivity index (χ3v) is 5.60. The molecular weight excluding hydrogens is 395 g/mol. The second-order valence-corrected chi connectivity index (χ2v) is 8.73. The van der Waals surface area contributed by atoms with Crippen LogP contribution in [-0.4, -0.2) is 24.0 Å². The maximum Gasteiger partial charge on any atom is 0.349 e. The molecule has 0 aliphatic heterocycles. The van der Waals surface area contributed by atoms with Gasteiger partial charge in [0.1, 0.15) is 11.6 Å². The van der Waals surface area contributed by atoms with Crippen molar-refractivity contribution < 1.29 is 23.5 Å². The van der Waals surface area contributed by atoms with Gasteiger partial charge in [0.25, 0.3) is 0 Å². The van der Waals surface area contributed by atoms with E-state index in [2.05, 4.69) is 0 Å². The second kappa shape index (κ2) is 10.1. The molecule has 0 aliphatic carbocycles. The van der Waals surface area contributed by atoms with Crippen molar-refractivity contribution >= 4 is 11.8 Å². The van der Waals surface area contributed by atoms with E-state index in [-0.39, 0.29) is 23.4 Å². The molecule has 0 fully saturated rings. The lowest BCUT2D eigenvalue weighted by atomic mass is 9.84. The van der Waals surface area contributed by atoms with Gasteiger partial charge in [0.05, 0.1) is 6.61 Å². The van der Waals surface area contributed by atoms with Crippen LogP contribution < -0.4 is 4.74 Å². The number of rotatable bonds is 9. The molecule has 0 N–H and O–H groups in total. The Morgan fingerprint density at radius 2 is 1.58 bits per heavy atom. The van der Waals surface area contributed by atoms with Crippen molar-refractivity contribution in [3.63, 3.8) is 0 Å². The Morgan fingerprint density at radius 3 is 2.10 bits per heavy atom. The highest BCUT2D eigenvalue weighted by molar-refractivity contribution is 5.97. The molecule has 0 aromatic heterocycles. The van der Waals surface area contributed by atoms with Crippen LogP contribution in [0.4, 0.5) is 4.39 Å². The van der Waals surface area contributed by atoms with Crippen LogP contribution >= 0.6 is 0 Å². The van der Waals surface area contributed by atoms with Crippen LogP contribution in [0.5, 0.6) is 5.75 Å². The van der Waals surface area contributed by atoms with E-state index in [1.807, 2.05) is 39.8 Å². The highest BCUT2D eigenvalue weighted by atomic mass is 19.1. The van der Waals surface area contributed by atoms with Gasteiger partial charge in [-0.25, -0.2) is 9.18 Å². The molecule has 0 bridgehead atoms. The van der Waals surface area contributed by atoms with Crippen LogP contribution in [-0.2, 0) is 16.0 Å². The summed E-state index contributed by atoms with van der Waals surface area (Å²) in [6.45, 7) is 13.3. The largest absolute Gasteiger partial charge is 0.476 e. The van der Waals surface area contributed by atoms with Gasteiger partial charge in [0.15, 0.2) is 11.4 Å². The van der Waals surface area contributed by atoms with Crippen LogP contribution in [0.2, 0.25) is 0 Å². The maximum absolute atomic E-state index is 13.1. The van der Waals surface area contributed by atoms with Gasteiger partial charge in [0, 0.05) is 11.5 Å². The Morgan fingerprint density at radius 1 is 1.03 bits per heavy atom. The minimum atomic E-state index is -1.09. The minimum absolute atomic E-state index is 0.0112. The number of ketones is 1. The summed E-state index contributed by atoms with van der Waals surface area (Å²) in [5.41, 5.74) is 2.39. The van der Waals surface area contributed by atoms with Crippen LogP contribution in [0, 0.1) is 31.5 Å². The first kappa shape index (κ1) is 24.6. The summed E-state index contributed by atoms with van der Waals surface area (Å²) in [5.74, 6) is -0.179. The molecule has 4 nitrogen and oxygen atoms in total. The number of ether oxygens (including phenoxy) is 2. The van der Waals surface area contributed by atoms with Crippen LogP contribution in [0.1, 0.15) is 61.7 Å². The first-order valence-electron chi connectivity index (χ1n) is 10.7. The number of hydrogen-bond donors (Lipinski definition) is 0. The zero-order chi connectivity index (χ0) is 23.3. The van der Waals surface area contributed by atoms with Crippen molar-refractivity contribution in [1.82, 2.24) is 0 Å².